The molecule has 2 aromatic rings. The molecule has 98 valence electrons. The number of hydrazine groups is 1. The Labute approximate surface area is 111 Å². The zero-order valence-electron chi connectivity index (χ0n) is 10.9. The first-order valence-electron chi connectivity index (χ1n) is 5.91. The van der Waals surface area contributed by atoms with Gasteiger partial charge in [0.05, 0.1) is 0 Å². The van der Waals surface area contributed by atoms with Gasteiger partial charge < -0.3 is 10.7 Å². The van der Waals surface area contributed by atoms with E-state index in [0.717, 1.165) is 22.5 Å². The van der Waals surface area contributed by atoms with Gasteiger partial charge in [-0.1, -0.05) is 0 Å². The van der Waals surface area contributed by atoms with Crippen molar-refractivity contribution in [3.8, 4) is 0 Å². The Hall–Kier alpha value is -2.40. The van der Waals surface area contributed by atoms with Crippen LogP contribution in [0.2, 0.25) is 0 Å². The highest BCUT2D eigenvalue weighted by molar-refractivity contribution is 6.05. The standard InChI is InChI=1S/C14H16N4O/c1-9-7-11(18-15)3-4-12(9)14(19)17-13-5-6-16-8-10(13)2/h3-8,18H,15H2,1-2H3,(H,16,17,19). The fourth-order valence-corrected chi connectivity index (χ4v) is 1.81. The van der Waals surface area contributed by atoms with Crippen molar-refractivity contribution in [2.75, 3.05) is 10.7 Å². The largest absolute Gasteiger partial charge is 0.324 e. The van der Waals surface area contributed by atoms with Crippen LogP contribution in [0.5, 0.6) is 0 Å². The number of rotatable bonds is 3. The number of carbonyl (C=O) groups excluding carboxylic acids is 1. The van der Waals surface area contributed by atoms with Gasteiger partial charge in [0.25, 0.3) is 5.91 Å². The third kappa shape index (κ3) is 2.89. The molecular weight excluding hydrogens is 240 g/mol. The number of aryl methyl sites for hydroxylation is 2. The maximum Gasteiger partial charge on any atom is 0.255 e. The highest BCUT2D eigenvalue weighted by Gasteiger charge is 2.10. The highest BCUT2D eigenvalue weighted by atomic mass is 16.1. The molecule has 5 nitrogen and oxygen atoms in total. The van der Waals surface area contributed by atoms with Crippen molar-refractivity contribution in [1.29, 1.82) is 0 Å². The lowest BCUT2D eigenvalue weighted by Gasteiger charge is -2.10. The van der Waals surface area contributed by atoms with Gasteiger partial charge in [0, 0.05) is 29.3 Å². The number of carbonyl (C=O) groups is 1. The Balaban J connectivity index is 2.23. The summed E-state index contributed by atoms with van der Waals surface area (Å²) < 4.78 is 0. The first kappa shape index (κ1) is 13.0. The minimum absolute atomic E-state index is 0.143. The summed E-state index contributed by atoms with van der Waals surface area (Å²) in [6.45, 7) is 3.77. The van der Waals surface area contributed by atoms with Crippen LogP contribution in [0.4, 0.5) is 11.4 Å². The van der Waals surface area contributed by atoms with Crippen LogP contribution in [0.3, 0.4) is 0 Å². The minimum atomic E-state index is -0.143. The number of aromatic nitrogens is 1. The van der Waals surface area contributed by atoms with Crippen LogP contribution in [-0.4, -0.2) is 10.9 Å². The molecule has 2 rings (SSSR count). The van der Waals surface area contributed by atoms with Gasteiger partial charge in [0.1, 0.15) is 0 Å². The molecule has 1 aromatic heterocycles. The molecule has 0 unspecified atom stereocenters. The lowest BCUT2D eigenvalue weighted by atomic mass is 10.1. The van der Waals surface area contributed by atoms with E-state index < -0.39 is 0 Å². The molecule has 1 amide bonds. The molecule has 0 fully saturated rings. The van der Waals surface area contributed by atoms with Crippen LogP contribution in [0, 0.1) is 13.8 Å². The van der Waals surface area contributed by atoms with Crippen molar-refractivity contribution in [3.05, 3.63) is 53.3 Å². The molecule has 0 radical (unpaired) electrons. The Morgan fingerprint density at radius 3 is 2.63 bits per heavy atom. The van der Waals surface area contributed by atoms with Crippen LogP contribution >= 0.6 is 0 Å². The molecule has 1 heterocycles. The lowest BCUT2D eigenvalue weighted by Crippen LogP contribution is -2.15. The average molecular weight is 256 g/mol. The Morgan fingerprint density at radius 2 is 2.00 bits per heavy atom. The van der Waals surface area contributed by atoms with Gasteiger partial charge in [-0.25, -0.2) is 0 Å². The summed E-state index contributed by atoms with van der Waals surface area (Å²) in [4.78, 5) is 16.2. The van der Waals surface area contributed by atoms with Crippen molar-refractivity contribution in [2.24, 2.45) is 5.84 Å². The molecule has 5 heteroatoms. The number of nitrogen functional groups attached to an aromatic ring is 1. The number of benzene rings is 1. The SMILES string of the molecule is Cc1cnccc1NC(=O)c1ccc(NN)cc1C. The molecule has 0 saturated carbocycles. The summed E-state index contributed by atoms with van der Waals surface area (Å²) >= 11 is 0. The second kappa shape index (κ2) is 5.49. The fraction of sp³-hybridized carbons (Fsp3) is 0.143. The van der Waals surface area contributed by atoms with Crippen LogP contribution in [0.25, 0.3) is 0 Å². The third-order valence-corrected chi connectivity index (χ3v) is 2.91. The second-order valence-corrected chi connectivity index (χ2v) is 4.32. The van der Waals surface area contributed by atoms with Crippen molar-refractivity contribution in [3.63, 3.8) is 0 Å². The Kier molecular flexibility index (Phi) is 3.77. The summed E-state index contributed by atoms with van der Waals surface area (Å²) in [5.74, 6) is 5.19. The van der Waals surface area contributed by atoms with E-state index >= 15 is 0 Å². The van der Waals surface area contributed by atoms with Gasteiger partial charge in [0.15, 0.2) is 0 Å². The molecule has 0 aliphatic carbocycles. The molecule has 19 heavy (non-hydrogen) atoms. The predicted octanol–water partition coefficient (Wildman–Crippen LogP) is 2.24. The minimum Gasteiger partial charge on any atom is -0.324 e. The fourth-order valence-electron chi connectivity index (χ4n) is 1.81. The topological polar surface area (TPSA) is 80.0 Å². The van der Waals surface area contributed by atoms with E-state index in [0.29, 0.717) is 5.56 Å². The number of nitrogens with zero attached hydrogens (tertiary/aromatic N) is 1. The van der Waals surface area contributed by atoms with E-state index in [1.807, 2.05) is 19.9 Å². The first-order valence-corrected chi connectivity index (χ1v) is 5.91. The summed E-state index contributed by atoms with van der Waals surface area (Å²) in [6, 6.07) is 7.12. The van der Waals surface area contributed by atoms with E-state index in [4.69, 9.17) is 5.84 Å². The van der Waals surface area contributed by atoms with Crippen molar-refractivity contribution >= 4 is 17.3 Å². The van der Waals surface area contributed by atoms with Crippen molar-refractivity contribution < 1.29 is 4.79 Å². The maximum absolute atomic E-state index is 12.2. The van der Waals surface area contributed by atoms with Crippen LogP contribution in [0.15, 0.2) is 36.7 Å². The monoisotopic (exact) mass is 256 g/mol. The zero-order valence-corrected chi connectivity index (χ0v) is 10.9. The van der Waals surface area contributed by atoms with Gasteiger partial charge in [0.2, 0.25) is 0 Å². The zero-order chi connectivity index (χ0) is 13.8. The summed E-state index contributed by atoms with van der Waals surface area (Å²) in [7, 11) is 0. The van der Waals surface area contributed by atoms with Gasteiger partial charge >= 0.3 is 0 Å². The number of nitrogens with two attached hydrogens (primary N) is 1. The van der Waals surface area contributed by atoms with E-state index in [2.05, 4.69) is 15.7 Å². The molecule has 4 N–H and O–H groups in total. The van der Waals surface area contributed by atoms with Gasteiger partial charge in [-0.2, -0.15) is 0 Å². The van der Waals surface area contributed by atoms with E-state index in [1.165, 1.54) is 0 Å². The highest BCUT2D eigenvalue weighted by Crippen LogP contribution is 2.17. The van der Waals surface area contributed by atoms with Crippen LogP contribution in [-0.2, 0) is 0 Å². The number of nitrogens with one attached hydrogen (secondary N) is 2. The average Bonchev–Trinajstić information content (AvgIpc) is 2.41. The normalized spacial score (nSPS) is 10.1. The van der Waals surface area contributed by atoms with E-state index in [-0.39, 0.29) is 5.91 Å². The quantitative estimate of drug-likeness (QED) is 0.581. The molecule has 0 bridgehead atoms. The molecule has 0 aliphatic rings. The lowest BCUT2D eigenvalue weighted by molar-refractivity contribution is 0.102. The van der Waals surface area contributed by atoms with E-state index in [9.17, 15) is 4.79 Å². The number of anilines is 2. The summed E-state index contributed by atoms with van der Waals surface area (Å²) in [5.41, 5.74) is 6.50. The molecule has 0 spiro atoms. The number of amides is 1. The molecular formula is C14H16N4O. The van der Waals surface area contributed by atoms with Crippen LogP contribution in [0.1, 0.15) is 21.5 Å². The number of hydrogen-bond donors (Lipinski definition) is 3. The number of pyridine rings is 1. The molecule has 0 atom stereocenters. The summed E-state index contributed by atoms with van der Waals surface area (Å²) in [6.07, 6.45) is 3.36. The number of hydrogen-bond acceptors (Lipinski definition) is 4. The predicted molar refractivity (Wildman–Crippen MR) is 75.9 cm³/mol. The third-order valence-electron chi connectivity index (χ3n) is 2.91. The van der Waals surface area contributed by atoms with Crippen molar-refractivity contribution in [1.82, 2.24) is 4.98 Å². The van der Waals surface area contributed by atoms with Gasteiger partial charge in [-0.15, -0.1) is 0 Å². The van der Waals surface area contributed by atoms with Crippen molar-refractivity contribution in [2.45, 2.75) is 13.8 Å². The van der Waals surface area contributed by atoms with Gasteiger partial charge in [-0.05, 0) is 49.2 Å². The van der Waals surface area contributed by atoms with Crippen LogP contribution < -0.4 is 16.6 Å². The van der Waals surface area contributed by atoms with Gasteiger partial charge in [-0.3, -0.25) is 15.6 Å². The molecule has 0 saturated heterocycles. The second-order valence-electron chi connectivity index (χ2n) is 4.32. The van der Waals surface area contributed by atoms with E-state index in [1.54, 1.807) is 30.6 Å². The maximum atomic E-state index is 12.2. The molecule has 1 aromatic carbocycles. The smallest absolute Gasteiger partial charge is 0.255 e. The molecule has 0 aliphatic heterocycles. The Bertz CT molecular complexity index is 610. The Morgan fingerprint density at radius 1 is 1.21 bits per heavy atom. The summed E-state index contributed by atoms with van der Waals surface area (Å²) in [5, 5.41) is 2.87. The first-order chi connectivity index (χ1) is 9.11.